The summed E-state index contributed by atoms with van der Waals surface area (Å²) in [4.78, 5) is 9.10. The van der Waals surface area contributed by atoms with Crippen molar-refractivity contribution in [2.24, 2.45) is 5.41 Å². The van der Waals surface area contributed by atoms with Crippen molar-refractivity contribution < 1.29 is 0 Å². The van der Waals surface area contributed by atoms with Crippen molar-refractivity contribution in [1.82, 2.24) is 9.97 Å². The van der Waals surface area contributed by atoms with Crippen LogP contribution in [0.2, 0.25) is 0 Å². The second kappa shape index (κ2) is 3.80. The molecule has 1 N–H and O–H groups in total. The predicted molar refractivity (Wildman–Crippen MR) is 62.0 cm³/mol. The smallest absolute Gasteiger partial charge is 0.148 e. The Kier molecular flexibility index (Phi) is 2.63. The quantitative estimate of drug-likeness (QED) is 0.765. The highest BCUT2D eigenvalue weighted by atomic mass is 15.0. The van der Waals surface area contributed by atoms with Crippen LogP contribution in [0.1, 0.15) is 38.6 Å². The molecule has 0 aliphatic carbocycles. The summed E-state index contributed by atoms with van der Waals surface area (Å²) in [5.41, 5.74) is 2.49. The number of nitrogens with zero attached hydrogens (tertiary/aromatic N) is 2. The van der Waals surface area contributed by atoms with Gasteiger partial charge in [-0.15, -0.1) is 0 Å². The van der Waals surface area contributed by atoms with Crippen LogP contribution in [0.15, 0.2) is 6.20 Å². The molecule has 82 valence electrons. The molecular weight excluding hydrogens is 186 g/mol. The molecule has 15 heavy (non-hydrogen) atoms. The highest BCUT2D eigenvalue weighted by Gasteiger charge is 2.16. The predicted octanol–water partition coefficient (Wildman–Crippen LogP) is 2.42. The second-order valence-corrected chi connectivity index (χ2v) is 5.42. The lowest BCUT2D eigenvalue weighted by Crippen LogP contribution is -2.17. The van der Waals surface area contributed by atoms with E-state index in [0.29, 0.717) is 0 Å². The number of aromatic nitrogens is 2. The van der Waals surface area contributed by atoms with Crippen molar-refractivity contribution in [3.63, 3.8) is 0 Å². The molecule has 0 saturated heterocycles. The second-order valence-electron chi connectivity index (χ2n) is 5.42. The van der Waals surface area contributed by atoms with E-state index in [1.165, 1.54) is 6.42 Å². The topological polar surface area (TPSA) is 37.8 Å². The van der Waals surface area contributed by atoms with E-state index in [4.69, 9.17) is 0 Å². The van der Waals surface area contributed by atoms with Gasteiger partial charge >= 0.3 is 0 Å². The zero-order chi connectivity index (χ0) is 10.9. The first kappa shape index (κ1) is 10.4. The summed E-state index contributed by atoms with van der Waals surface area (Å²) in [6.07, 6.45) is 5.14. The molecule has 2 rings (SSSR count). The molecule has 1 aliphatic rings. The van der Waals surface area contributed by atoms with Crippen LogP contribution in [0.4, 0.5) is 5.82 Å². The minimum atomic E-state index is 0.275. The number of nitrogens with one attached hydrogen (secondary N) is 1. The van der Waals surface area contributed by atoms with Gasteiger partial charge in [-0.1, -0.05) is 20.8 Å². The van der Waals surface area contributed by atoms with Gasteiger partial charge in [-0.05, 0) is 24.7 Å². The largest absolute Gasteiger partial charge is 0.369 e. The van der Waals surface area contributed by atoms with Crippen molar-refractivity contribution in [3.8, 4) is 0 Å². The highest BCUT2D eigenvalue weighted by molar-refractivity contribution is 5.42. The average molecular weight is 205 g/mol. The first-order valence-electron chi connectivity index (χ1n) is 5.63. The minimum absolute atomic E-state index is 0.275. The third-order valence-corrected chi connectivity index (χ3v) is 2.49. The molecule has 1 aromatic heterocycles. The molecule has 2 heterocycles. The van der Waals surface area contributed by atoms with Crippen LogP contribution in [0.3, 0.4) is 0 Å². The Morgan fingerprint density at radius 1 is 1.40 bits per heavy atom. The van der Waals surface area contributed by atoms with E-state index in [9.17, 15) is 0 Å². The van der Waals surface area contributed by atoms with Gasteiger partial charge in [0, 0.05) is 12.7 Å². The lowest BCUT2D eigenvalue weighted by Gasteiger charge is -2.20. The SMILES string of the molecule is CC(C)(C)Cc1cnc2c(n1)NCCC2. The van der Waals surface area contributed by atoms with Crippen LogP contribution in [-0.4, -0.2) is 16.5 Å². The standard InChI is InChI=1S/C12H19N3/c1-12(2,3)7-9-8-14-10-5-4-6-13-11(10)15-9/h8H,4-7H2,1-3H3,(H,13,15). The van der Waals surface area contributed by atoms with Gasteiger partial charge in [0.1, 0.15) is 5.82 Å². The molecule has 0 fully saturated rings. The van der Waals surface area contributed by atoms with Crippen molar-refractivity contribution in [2.45, 2.75) is 40.0 Å². The Bertz CT molecular complexity index is 352. The van der Waals surface area contributed by atoms with Crippen molar-refractivity contribution in [2.75, 3.05) is 11.9 Å². The van der Waals surface area contributed by atoms with Gasteiger partial charge < -0.3 is 5.32 Å². The van der Waals surface area contributed by atoms with E-state index in [1.807, 2.05) is 6.20 Å². The van der Waals surface area contributed by atoms with Crippen LogP contribution in [-0.2, 0) is 12.8 Å². The van der Waals surface area contributed by atoms with Gasteiger partial charge in [-0.2, -0.15) is 0 Å². The third-order valence-electron chi connectivity index (χ3n) is 2.49. The molecule has 0 atom stereocenters. The van der Waals surface area contributed by atoms with Gasteiger partial charge in [0.2, 0.25) is 0 Å². The van der Waals surface area contributed by atoms with Crippen LogP contribution >= 0.6 is 0 Å². The fraction of sp³-hybridized carbons (Fsp3) is 0.667. The summed E-state index contributed by atoms with van der Waals surface area (Å²) in [7, 11) is 0. The molecule has 3 nitrogen and oxygen atoms in total. The van der Waals surface area contributed by atoms with Crippen molar-refractivity contribution in [3.05, 3.63) is 17.6 Å². The molecule has 1 aromatic rings. The van der Waals surface area contributed by atoms with Crippen LogP contribution in [0, 0.1) is 5.41 Å². The van der Waals surface area contributed by atoms with Gasteiger partial charge in [-0.25, -0.2) is 4.98 Å². The number of fused-ring (bicyclic) bond motifs is 1. The first-order valence-corrected chi connectivity index (χ1v) is 5.63. The van der Waals surface area contributed by atoms with Gasteiger partial charge in [0.05, 0.1) is 11.4 Å². The van der Waals surface area contributed by atoms with E-state index in [1.54, 1.807) is 0 Å². The molecule has 0 aromatic carbocycles. The lowest BCUT2D eigenvalue weighted by atomic mass is 9.91. The molecular formula is C12H19N3. The van der Waals surface area contributed by atoms with Gasteiger partial charge in [-0.3, -0.25) is 4.98 Å². The highest BCUT2D eigenvalue weighted by Crippen LogP contribution is 2.22. The zero-order valence-corrected chi connectivity index (χ0v) is 9.80. The molecule has 0 spiro atoms. The Balaban J connectivity index is 2.21. The molecule has 1 aliphatic heterocycles. The van der Waals surface area contributed by atoms with Crippen LogP contribution in [0.5, 0.6) is 0 Å². The van der Waals surface area contributed by atoms with E-state index in [2.05, 4.69) is 36.1 Å². The van der Waals surface area contributed by atoms with Gasteiger partial charge in [0.25, 0.3) is 0 Å². The van der Waals surface area contributed by atoms with Crippen molar-refractivity contribution in [1.29, 1.82) is 0 Å². The Labute approximate surface area is 91.3 Å². The lowest BCUT2D eigenvalue weighted by molar-refractivity contribution is 0.405. The van der Waals surface area contributed by atoms with Gasteiger partial charge in [0.15, 0.2) is 0 Å². The molecule has 0 unspecified atom stereocenters. The Morgan fingerprint density at radius 3 is 2.93 bits per heavy atom. The average Bonchev–Trinajstić information content (AvgIpc) is 2.15. The number of hydrogen-bond donors (Lipinski definition) is 1. The summed E-state index contributed by atoms with van der Waals surface area (Å²) in [6, 6.07) is 0. The monoisotopic (exact) mass is 205 g/mol. The molecule has 0 amide bonds. The zero-order valence-electron chi connectivity index (χ0n) is 9.80. The fourth-order valence-electron chi connectivity index (χ4n) is 1.87. The summed E-state index contributed by atoms with van der Waals surface area (Å²) in [5, 5.41) is 3.32. The normalized spacial score (nSPS) is 15.7. The first-order chi connectivity index (χ1) is 7.04. The number of rotatable bonds is 1. The maximum atomic E-state index is 4.63. The summed E-state index contributed by atoms with van der Waals surface area (Å²) >= 11 is 0. The fourth-order valence-corrected chi connectivity index (χ4v) is 1.87. The van der Waals surface area contributed by atoms with Crippen LogP contribution in [0.25, 0.3) is 0 Å². The maximum absolute atomic E-state index is 4.63. The van der Waals surface area contributed by atoms with E-state index < -0.39 is 0 Å². The molecule has 0 bridgehead atoms. The minimum Gasteiger partial charge on any atom is -0.369 e. The summed E-state index contributed by atoms with van der Waals surface area (Å²) in [5.74, 6) is 1.00. The molecule has 0 radical (unpaired) electrons. The molecule has 3 heteroatoms. The maximum Gasteiger partial charge on any atom is 0.148 e. The van der Waals surface area contributed by atoms with E-state index in [-0.39, 0.29) is 5.41 Å². The van der Waals surface area contributed by atoms with E-state index >= 15 is 0 Å². The summed E-state index contributed by atoms with van der Waals surface area (Å²) < 4.78 is 0. The Morgan fingerprint density at radius 2 is 2.20 bits per heavy atom. The third kappa shape index (κ3) is 2.67. The van der Waals surface area contributed by atoms with E-state index in [0.717, 1.165) is 36.6 Å². The number of hydrogen-bond acceptors (Lipinski definition) is 3. The Hall–Kier alpha value is -1.12. The number of aryl methyl sites for hydroxylation is 1. The van der Waals surface area contributed by atoms with Crippen molar-refractivity contribution >= 4 is 5.82 Å². The summed E-state index contributed by atoms with van der Waals surface area (Å²) in [6.45, 7) is 7.70. The molecule has 0 saturated carbocycles. The number of anilines is 1. The van der Waals surface area contributed by atoms with Crippen LogP contribution < -0.4 is 5.32 Å².